The summed E-state index contributed by atoms with van der Waals surface area (Å²) >= 11 is 0. The van der Waals surface area contributed by atoms with Crippen LogP contribution in [0.3, 0.4) is 0 Å². The number of anilines is 2. The number of fused-ring (bicyclic) bond motifs is 1. The highest BCUT2D eigenvalue weighted by Gasteiger charge is 2.21. The van der Waals surface area contributed by atoms with Crippen LogP contribution in [0.15, 0.2) is 36.7 Å². The lowest BCUT2D eigenvalue weighted by atomic mass is 10.2. The Hall–Kier alpha value is -2.34. The molecule has 1 aliphatic heterocycles. The number of rotatable bonds is 5. The summed E-state index contributed by atoms with van der Waals surface area (Å²) in [5, 5.41) is 15.3. The van der Waals surface area contributed by atoms with Crippen LogP contribution in [0, 0.1) is 0 Å². The molecule has 0 spiro atoms. The van der Waals surface area contributed by atoms with Gasteiger partial charge in [0.05, 0.1) is 11.1 Å². The van der Waals surface area contributed by atoms with Gasteiger partial charge in [0, 0.05) is 24.5 Å². The summed E-state index contributed by atoms with van der Waals surface area (Å²) in [6.45, 7) is 7.94. The Morgan fingerprint density at radius 3 is 3.09 bits per heavy atom. The molecule has 0 radical (unpaired) electrons. The molecule has 6 nitrogen and oxygen atoms in total. The summed E-state index contributed by atoms with van der Waals surface area (Å²) in [5.41, 5.74) is 2.71. The van der Waals surface area contributed by atoms with E-state index in [-0.39, 0.29) is 0 Å². The van der Waals surface area contributed by atoms with Crippen LogP contribution in [0.5, 0.6) is 0 Å². The SMILES string of the molecule is C=C/C(=C\C)Nc1ccnc2[nH]nc(NC3CCN(C)C3)c12. The normalized spacial score (nSPS) is 19.5. The monoisotopic (exact) mass is 298 g/mol. The number of allylic oxidation sites excluding steroid dienone is 2. The molecule has 1 saturated heterocycles. The minimum atomic E-state index is 0.421. The van der Waals surface area contributed by atoms with Crippen molar-refractivity contribution in [1.29, 1.82) is 0 Å². The number of likely N-dealkylation sites (N-methyl/N-ethyl adjacent to an activating group) is 1. The van der Waals surface area contributed by atoms with Crippen molar-refractivity contribution < 1.29 is 0 Å². The molecular formula is C16H22N6. The van der Waals surface area contributed by atoms with Gasteiger partial charge in [0.2, 0.25) is 0 Å². The molecule has 0 amide bonds. The summed E-state index contributed by atoms with van der Waals surface area (Å²) in [4.78, 5) is 6.68. The van der Waals surface area contributed by atoms with Gasteiger partial charge in [0.15, 0.2) is 11.5 Å². The van der Waals surface area contributed by atoms with E-state index in [0.29, 0.717) is 6.04 Å². The number of aromatic amines is 1. The third-order valence-corrected chi connectivity index (χ3v) is 4.00. The molecule has 0 saturated carbocycles. The molecule has 3 N–H and O–H groups in total. The van der Waals surface area contributed by atoms with Crippen LogP contribution in [-0.4, -0.2) is 46.3 Å². The minimum absolute atomic E-state index is 0.421. The van der Waals surface area contributed by atoms with Gasteiger partial charge >= 0.3 is 0 Å². The van der Waals surface area contributed by atoms with Gasteiger partial charge in [0.1, 0.15) is 0 Å². The molecule has 22 heavy (non-hydrogen) atoms. The number of H-pyrrole nitrogens is 1. The zero-order valence-corrected chi connectivity index (χ0v) is 13.1. The summed E-state index contributed by atoms with van der Waals surface area (Å²) in [7, 11) is 2.14. The maximum absolute atomic E-state index is 4.40. The number of likely N-dealkylation sites (tertiary alicyclic amines) is 1. The molecule has 1 fully saturated rings. The largest absolute Gasteiger partial charge is 0.364 e. The van der Waals surface area contributed by atoms with E-state index >= 15 is 0 Å². The van der Waals surface area contributed by atoms with Gasteiger partial charge in [-0.05, 0) is 39.1 Å². The fourth-order valence-corrected chi connectivity index (χ4v) is 2.80. The molecule has 1 unspecified atom stereocenters. The first-order valence-corrected chi connectivity index (χ1v) is 7.55. The Kier molecular flexibility index (Phi) is 4.11. The van der Waals surface area contributed by atoms with Gasteiger partial charge in [-0.3, -0.25) is 5.10 Å². The van der Waals surface area contributed by atoms with Crippen molar-refractivity contribution >= 4 is 22.5 Å². The van der Waals surface area contributed by atoms with Gasteiger partial charge in [-0.25, -0.2) is 4.98 Å². The van der Waals surface area contributed by atoms with Crippen molar-refractivity contribution in [2.75, 3.05) is 30.8 Å². The maximum Gasteiger partial charge on any atom is 0.159 e. The van der Waals surface area contributed by atoms with Crippen molar-refractivity contribution in [3.8, 4) is 0 Å². The lowest BCUT2D eigenvalue weighted by Crippen LogP contribution is -2.23. The van der Waals surface area contributed by atoms with Crippen molar-refractivity contribution in [2.24, 2.45) is 0 Å². The van der Waals surface area contributed by atoms with Gasteiger partial charge < -0.3 is 15.5 Å². The first kappa shape index (κ1) is 14.6. The highest BCUT2D eigenvalue weighted by molar-refractivity contribution is 5.98. The summed E-state index contributed by atoms with van der Waals surface area (Å²) < 4.78 is 0. The number of nitrogens with zero attached hydrogens (tertiary/aromatic N) is 3. The maximum atomic E-state index is 4.40. The van der Waals surface area contributed by atoms with Crippen molar-refractivity contribution in [1.82, 2.24) is 20.1 Å². The van der Waals surface area contributed by atoms with Crippen LogP contribution < -0.4 is 10.6 Å². The molecule has 6 heteroatoms. The molecular weight excluding hydrogens is 276 g/mol. The van der Waals surface area contributed by atoms with Crippen molar-refractivity contribution in [3.63, 3.8) is 0 Å². The van der Waals surface area contributed by atoms with Gasteiger partial charge in [-0.1, -0.05) is 12.7 Å². The molecule has 0 aromatic carbocycles. The second-order valence-electron chi connectivity index (χ2n) is 5.62. The van der Waals surface area contributed by atoms with E-state index in [0.717, 1.165) is 47.7 Å². The number of pyridine rings is 1. The van der Waals surface area contributed by atoms with E-state index in [2.05, 4.69) is 44.3 Å². The van der Waals surface area contributed by atoms with E-state index in [9.17, 15) is 0 Å². The predicted molar refractivity (Wildman–Crippen MR) is 91.0 cm³/mol. The van der Waals surface area contributed by atoms with Gasteiger partial charge in [-0.2, -0.15) is 5.10 Å². The summed E-state index contributed by atoms with van der Waals surface area (Å²) in [5.74, 6) is 0.852. The third-order valence-electron chi connectivity index (χ3n) is 4.00. The quantitative estimate of drug-likeness (QED) is 0.740. The highest BCUT2D eigenvalue weighted by atomic mass is 15.2. The van der Waals surface area contributed by atoms with Crippen molar-refractivity contribution in [2.45, 2.75) is 19.4 Å². The predicted octanol–water partition coefficient (Wildman–Crippen LogP) is 2.58. The lowest BCUT2D eigenvalue weighted by molar-refractivity contribution is 0.414. The first-order chi connectivity index (χ1) is 10.7. The van der Waals surface area contributed by atoms with E-state index < -0.39 is 0 Å². The third kappa shape index (κ3) is 2.82. The van der Waals surface area contributed by atoms with Gasteiger partial charge in [-0.15, -0.1) is 0 Å². The lowest BCUT2D eigenvalue weighted by Gasteiger charge is -2.14. The van der Waals surface area contributed by atoms with E-state index in [1.807, 2.05) is 19.1 Å². The van der Waals surface area contributed by atoms with Crippen molar-refractivity contribution in [3.05, 3.63) is 36.7 Å². The zero-order chi connectivity index (χ0) is 15.5. The van der Waals surface area contributed by atoms with Crippen LogP contribution in [0.2, 0.25) is 0 Å². The van der Waals surface area contributed by atoms with Crippen LogP contribution in [0.4, 0.5) is 11.5 Å². The highest BCUT2D eigenvalue weighted by Crippen LogP contribution is 2.29. The fraction of sp³-hybridized carbons (Fsp3) is 0.375. The fourth-order valence-electron chi connectivity index (χ4n) is 2.80. The second kappa shape index (κ2) is 6.19. The molecule has 3 heterocycles. The number of hydrogen-bond acceptors (Lipinski definition) is 5. The van der Waals surface area contributed by atoms with Crippen LogP contribution in [0.25, 0.3) is 11.0 Å². The standard InChI is InChI=1S/C16H22N6/c1-4-11(5-2)18-13-6-8-17-15-14(13)16(21-20-15)19-12-7-9-22(3)10-12/h4-6,8,12H,1,7,9-10H2,2-3H3,(H3,17,18,19,20,21)/b11-5+. The Morgan fingerprint density at radius 2 is 2.41 bits per heavy atom. The van der Waals surface area contributed by atoms with Crippen LogP contribution in [-0.2, 0) is 0 Å². The zero-order valence-electron chi connectivity index (χ0n) is 13.1. The summed E-state index contributed by atoms with van der Waals surface area (Å²) in [6.07, 6.45) is 6.68. The topological polar surface area (TPSA) is 68.9 Å². The molecule has 0 aliphatic carbocycles. The summed E-state index contributed by atoms with van der Waals surface area (Å²) in [6, 6.07) is 2.38. The Balaban J connectivity index is 1.92. The van der Waals surface area contributed by atoms with E-state index in [4.69, 9.17) is 0 Å². The molecule has 3 rings (SSSR count). The molecule has 1 aliphatic rings. The Morgan fingerprint density at radius 1 is 1.55 bits per heavy atom. The Bertz CT molecular complexity index is 702. The molecule has 0 bridgehead atoms. The first-order valence-electron chi connectivity index (χ1n) is 7.55. The van der Waals surface area contributed by atoms with E-state index in [1.165, 1.54) is 0 Å². The molecule has 2 aromatic heterocycles. The van der Waals surface area contributed by atoms with E-state index in [1.54, 1.807) is 12.3 Å². The minimum Gasteiger partial charge on any atom is -0.364 e. The van der Waals surface area contributed by atoms with Gasteiger partial charge in [0.25, 0.3) is 0 Å². The average molecular weight is 298 g/mol. The molecule has 1 atom stereocenters. The second-order valence-corrected chi connectivity index (χ2v) is 5.62. The Labute approximate surface area is 130 Å². The number of hydrogen-bond donors (Lipinski definition) is 3. The molecule has 2 aromatic rings. The molecule has 116 valence electrons. The smallest absolute Gasteiger partial charge is 0.159 e. The average Bonchev–Trinajstić information content (AvgIpc) is 3.12. The van der Waals surface area contributed by atoms with Crippen LogP contribution in [0.1, 0.15) is 13.3 Å². The number of aromatic nitrogens is 3. The number of nitrogens with one attached hydrogen (secondary N) is 3. The van der Waals surface area contributed by atoms with Crippen LogP contribution >= 0.6 is 0 Å².